The van der Waals surface area contributed by atoms with Gasteiger partial charge < -0.3 is 10.4 Å². The van der Waals surface area contributed by atoms with E-state index in [-0.39, 0.29) is 34.3 Å². The maximum absolute atomic E-state index is 14.0. The van der Waals surface area contributed by atoms with Gasteiger partial charge >= 0.3 is 12.1 Å². The van der Waals surface area contributed by atoms with E-state index in [0.717, 1.165) is 24.3 Å². The molecule has 214 valence electrons. The van der Waals surface area contributed by atoms with E-state index in [1.54, 1.807) is 25.1 Å². The second kappa shape index (κ2) is 11.0. The monoisotopic (exact) mass is 580 g/mol. The summed E-state index contributed by atoms with van der Waals surface area (Å²) >= 11 is 0. The fourth-order valence-electron chi connectivity index (χ4n) is 4.48. The molecular formula is C30H21F5N4O3. The maximum atomic E-state index is 14.0. The molecule has 5 aromatic rings. The highest BCUT2D eigenvalue weighted by Crippen LogP contribution is 2.31. The fraction of sp³-hybridized carbons (Fsp3) is 0.133. The molecule has 1 atom stereocenters. The maximum Gasteiger partial charge on any atom is 0.416 e. The van der Waals surface area contributed by atoms with Crippen LogP contribution >= 0.6 is 0 Å². The molecule has 1 amide bonds. The molecular weight excluding hydrogens is 559 g/mol. The first-order valence-electron chi connectivity index (χ1n) is 12.5. The van der Waals surface area contributed by atoms with Gasteiger partial charge in [-0.15, -0.1) is 5.10 Å². The Bertz CT molecular complexity index is 1800. The first kappa shape index (κ1) is 28.4. The molecule has 4 aromatic carbocycles. The van der Waals surface area contributed by atoms with Gasteiger partial charge in [-0.1, -0.05) is 35.5 Å². The molecule has 0 spiro atoms. The van der Waals surface area contributed by atoms with Crippen LogP contribution in [0.3, 0.4) is 0 Å². The Hall–Kier alpha value is -5.13. The summed E-state index contributed by atoms with van der Waals surface area (Å²) in [5.74, 6) is -3.79. The van der Waals surface area contributed by atoms with Crippen molar-refractivity contribution in [3.63, 3.8) is 0 Å². The van der Waals surface area contributed by atoms with Gasteiger partial charge in [-0.2, -0.15) is 13.2 Å². The van der Waals surface area contributed by atoms with Crippen LogP contribution in [0.5, 0.6) is 0 Å². The van der Waals surface area contributed by atoms with Crippen molar-refractivity contribution >= 4 is 22.9 Å². The second-order valence-corrected chi connectivity index (χ2v) is 9.58. The van der Waals surface area contributed by atoms with E-state index in [4.69, 9.17) is 5.11 Å². The van der Waals surface area contributed by atoms with Gasteiger partial charge in [0, 0.05) is 0 Å². The van der Waals surface area contributed by atoms with Crippen LogP contribution in [-0.2, 0) is 12.7 Å². The summed E-state index contributed by atoms with van der Waals surface area (Å²) in [6, 6.07) is 16.2. The van der Waals surface area contributed by atoms with Crippen molar-refractivity contribution in [2.45, 2.75) is 25.7 Å². The van der Waals surface area contributed by atoms with Gasteiger partial charge in [0.25, 0.3) is 5.91 Å². The van der Waals surface area contributed by atoms with Gasteiger partial charge in [0.1, 0.15) is 11.0 Å². The first-order valence-corrected chi connectivity index (χ1v) is 12.5. The van der Waals surface area contributed by atoms with Gasteiger partial charge in [-0.05, 0) is 77.7 Å². The van der Waals surface area contributed by atoms with E-state index in [2.05, 4.69) is 15.6 Å². The van der Waals surface area contributed by atoms with Crippen molar-refractivity contribution in [2.75, 3.05) is 0 Å². The summed E-state index contributed by atoms with van der Waals surface area (Å²) in [6.07, 6.45) is -4.50. The minimum absolute atomic E-state index is 0.00829. The lowest BCUT2D eigenvalue weighted by molar-refractivity contribution is -0.137. The lowest BCUT2D eigenvalue weighted by atomic mass is 10.00. The number of aromatic carboxylic acids is 1. The number of carboxylic acids is 1. The third-order valence-corrected chi connectivity index (χ3v) is 6.72. The quantitative estimate of drug-likeness (QED) is 0.211. The Morgan fingerprint density at radius 2 is 1.60 bits per heavy atom. The molecule has 0 fully saturated rings. The van der Waals surface area contributed by atoms with E-state index in [0.29, 0.717) is 16.7 Å². The van der Waals surface area contributed by atoms with Crippen LogP contribution in [0.2, 0.25) is 0 Å². The van der Waals surface area contributed by atoms with E-state index in [1.807, 2.05) is 0 Å². The van der Waals surface area contributed by atoms with Gasteiger partial charge in [0.2, 0.25) is 0 Å². The molecule has 0 saturated carbocycles. The number of rotatable bonds is 7. The van der Waals surface area contributed by atoms with Crippen LogP contribution in [0.15, 0.2) is 78.9 Å². The van der Waals surface area contributed by atoms with E-state index in [1.165, 1.54) is 41.1 Å². The van der Waals surface area contributed by atoms with Crippen LogP contribution in [0.25, 0.3) is 22.2 Å². The Morgan fingerprint density at radius 3 is 2.21 bits per heavy atom. The van der Waals surface area contributed by atoms with Crippen molar-refractivity contribution in [1.29, 1.82) is 0 Å². The summed E-state index contributed by atoms with van der Waals surface area (Å²) in [4.78, 5) is 24.8. The number of hydrogen-bond donors (Lipinski definition) is 2. The molecule has 0 aliphatic heterocycles. The van der Waals surface area contributed by atoms with Crippen molar-refractivity contribution in [2.24, 2.45) is 0 Å². The minimum atomic E-state index is -4.50. The molecule has 0 radical (unpaired) electrons. The van der Waals surface area contributed by atoms with Crippen LogP contribution in [0.1, 0.15) is 50.4 Å². The molecule has 42 heavy (non-hydrogen) atoms. The third kappa shape index (κ3) is 5.82. The Morgan fingerprint density at radius 1 is 0.905 bits per heavy atom. The molecule has 0 unspecified atom stereocenters. The number of hydrogen-bond acceptors (Lipinski definition) is 4. The molecule has 0 saturated heterocycles. The zero-order valence-electron chi connectivity index (χ0n) is 21.8. The third-order valence-electron chi connectivity index (χ3n) is 6.72. The predicted octanol–water partition coefficient (Wildman–Crippen LogP) is 6.63. The number of carboxylic acid groups (broad SMARTS) is 1. The molecule has 2 N–H and O–H groups in total. The average molecular weight is 581 g/mol. The topological polar surface area (TPSA) is 97.1 Å². The zero-order chi connectivity index (χ0) is 30.2. The fourth-order valence-corrected chi connectivity index (χ4v) is 4.48. The van der Waals surface area contributed by atoms with Crippen molar-refractivity contribution < 1.29 is 36.6 Å². The molecule has 1 heterocycles. The number of amides is 1. The zero-order valence-corrected chi connectivity index (χ0v) is 21.8. The number of benzene rings is 4. The summed E-state index contributed by atoms with van der Waals surface area (Å²) < 4.78 is 68.0. The molecule has 7 nitrogen and oxygen atoms in total. The van der Waals surface area contributed by atoms with Crippen LogP contribution in [-0.4, -0.2) is 32.0 Å². The van der Waals surface area contributed by atoms with Crippen molar-refractivity contribution in [3.8, 4) is 11.1 Å². The highest BCUT2D eigenvalue weighted by Gasteiger charge is 2.30. The Balaban J connectivity index is 1.54. The van der Waals surface area contributed by atoms with Gasteiger partial charge in [0.05, 0.1) is 29.3 Å². The Labute approximate surface area is 235 Å². The Kier molecular flexibility index (Phi) is 7.46. The van der Waals surface area contributed by atoms with Gasteiger partial charge in [0.15, 0.2) is 11.6 Å². The summed E-state index contributed by atoms with van der Waals surface area (Å²) in [5, 5.41) is 20.2. The molecule has 0 aliphatic carbocycles. The highest BCUT2D eigenvalue weighted by atomic mass is 19.4. The van der Waals surface area contributed by atoms with Gasteiger partial charge in [-0.3, -0.25) is 4.79 Å². The number of carbonyl (C=O) groups excluding carboxylic acids is 1. The predicted molar refractivity (Wildman–Crippen MR) is 143 cm³/mol. The molecule has 1 aromatic heterocycles. The number of nitrogens with zero attached hydrogens (tertiary/aromatic N) is 3. The van der Waals surface area contributed by atoms with Crippen LogP contribution < -0.4 is 5.32 Å². The summed E-state index contributed by atoms with van der Waals surface area (Å²) in [5.41, 5.74) is 1.59. The summed E-state index contributed by atoms with van der Waals surface area (Å²) in [7, 11) is 0. The largest absolute Gasteiger partial charge is 0.478 e. The highest BCUT2D eigenvalue weighted by molar-refractivity contribution is 6.06. The normalized spacial score (nSPS) is 12.3. The van der Waals surface area contributed by atoms with E-state index < -0.39 is 41.3 Å². The lowest BCUT2D eigenvalue weighted by Gasteiger charge is -2.16. The van der Waals surface area contributed by atoms with Gasteiger partial charge in [-0.25, -0.2) is 18.3 Å². The minimum Gasteiger partial charge on any atom is -0.478 e. The van der Waals surface area contributed by atoms with Crippen molar-refractivity contribution in [1.82, 2.24) is 20.3 Å². The van der Waals surface area contributed by atoms with Crippen LogP contribution in [0.4, 0.5) is 22.0 Å². The first-order chi connectivity index (χ1) is 19.9. The smallest absolute Gasteiger partial charge is 0.416 e. The standard InChI is InChI=1S/C30H21F5N4O3/c1-16(18-4-6-19(7-5-18)29(41)42)36-28(40)23-12-21(20-8-11-24(31)25(32)13-20)14-26-27(23)39(38-37-26)15-17-2-9-22(10-3-17)30(33,34)35/h2-14,16H,15H2,1H3,(H,36,40)(H,41,42)/t16-/m0/s1. The van der Waals surface area contributed by atoms with E-state index in [9.17, 15) is 31.5 Å². The molecule has 5 rings (SSSR count). The number of alkyl halides is 3. The second-order valence-electron chi connectivity index (χ2n) is 9.58. The van der Waals surface area contributed by atoms with Crippen LogP contribution in [0, 0.1) is 11.6 Å². The number of fused-ring (bicyclic) bond motifs is 1. The number of aromatic nitrogens is 3. The summed E-state index contributed by atoms with van der Waals surface area (Å²) in [6.45, 7) is 1.69. The van der Waals surface area contributed by atoms with E-state index >= 15 is 0 Å². The SMILES string of the molecule is C[C@H](NC(=O)c1cc(-c2ccc(F)c(F)c2)cc2nnn(Cc3ccc(C(F)(F)F)cc3)c12)c1ccc(C(=O)O)cc1. The number of halogens is 5. The number of nitrogens with one attached hydrogen (secondary N) is 1. The number of carbonyl (C=O) groups is 2. The molecule has 0 bridgehead atoms. The lowest BCUT2D eigenvalue weighted by Crippen LogP contribution is -2.27. The molecule has 0 aliphatic rings. The molecule has 12 heteroatoms. The average Bonchev–Trinajstić information content (AvgIpc) is 3.36. The van der Waals surface area contributed by atoms with Crippen molar-refractivity contribution in [3.05, 3.63) is 118 Å².